The van der Waals surface area contributed by atoms with E-state index in [1.165, 1.54) is 11.3 Å². The Morgan fingerprint density at radius 3 is 2.94 bits per heavy atom. The topological polar surface area (TPSA) is 17.3 Å². The summed E-state index contributed by atoms with van der Waals surface area (Å²) in [6.45, 7) is 0.909. The van der Waals surface area contributed by atoms with Crippen LogP contribution >= 0.6 is 11.8 Å². The molecular weight excluding hydrogens is 216 g/mol. The molecule has 0 N–H and O–H groups in total. The Labute approximate surface area is 99.0 Å². The lowest BCUT2D eigenvalue weighted by atomic mass is 10.2. The van der Waals surface area contributed by atoms with E-state index in [1.54, 1.807) is 11.8 Å². The molecule has 1 aromatic carbocycles. The SMILES string of the molecule is CSC1=Nc2ccccc2Cn2cccc21. The van der Waals surface area contributed by atoms with E-state index in [-0.39, 0.29) is 0 Å². The molecule has 0 saturated carbocycles. The van der Waals surface area contributed by atoms with Gasteiger partial charge in [-0.15, -0.1) is 11.8 Å². The number of hydrogen-bond acceptors (Lipinski definition) is 2. The standard InChI is InChI=1S/C13H12N2S/c1-16-13-12-7-4-8-15(12)9-10-5-2-3-6-11(10)14-13/h2-8H,9H2,1H3. The lowest BCUT2D eigenvalue weighted by Crippen LogP contribution is -2.04. The van der Waals surface area contributed by atoms with Crippen LogP contribution in [0.3, 0.4) is 0 Å². The summed E-state index contributed by atoms with van der Waals surface area (Å²) in [5, 5.41) is 1.09. The second kappa shape index (κ2) is 3.83. The third kappa shape index (κ3) is 1.48. The van der Waals surface area contributed by atoms with Gasteiger partial charge in [-0.2, -0.15) is 0 Å². The molecule has 0 amide bonds. The first-order valence-corrected chi connectivity index (χ1v) is 6.47. The minimum Gasteiger partial charge on any atom is -0.341 e. The van der Waals surface area contributed by atoms with Gasteiger partial charge in [0.15, 0.2) is 0 Å². The molecule has 0 unspecified atom stereocenters. The summed E-state index contributed by atoms with van der Waals surface area (Å²) in [6.07, 6.45) is 4.19. The van der Waals surface area contributed by atoms with Crippen LogP contribution in [0.4, 0.5) is 5.69 Å². The Bertz CT molecular complexity index is 555. The summed E-state index contributed by atoms with van der Waals surface area (Å²) in [6, 6.07) is 12.5. The minimum atomic E-state index is 0.909. The predicted molar refractivity (Wildman–Crippen MR) is 69.7 cm³/mol. The number of para-hydroxylation sites is 1. The first-order chi connectivity index (χ1) is 7.88. The highest BCUT2D eigenvalue weighted by atomic mass is 32.2. The van der Waals surface area contributed by atoms with E-state index in [9.17, 15) is 0 Å². The number of nitrogens with zero attached hydrogens (tertiary/aromatic N) is 2. The molecule has 0 radical (unpaired) electrons. The number of hydrogen-bond donors (Lipinski definition) is 0. The highest BCUT2D eigenvalue weighted by Crippen LogP contribution is 2.27. The average molecular weight is 228 g/mol. The van der Waals surface area contributed by atoms with Crippen molar-refractivity contribution in [1.82, 2.24) is 4.57 Å². The molecule has 0 aliphatic carbocycles. The Morgan fingerprint density at radius 1 is 1.19 bits per heavy atom. The second-order valence-corrected chi connectivity index (χ2v) is 4.57. The Morgan fingerprint density at radius 2 is 2.06 bits per heavy atom. The molecule has 1 aliphatic heterocycles. The molecule has 16 heavy (non-hydrogen) atoms. The molecule has 0 atom stereocenters. The van der Waals surface area contributed by atoms with Crippen LogP contribution in [0.5, 0.6) is 0 Å². The van der Waals surface area contributed by atoms with Gasteiger partial charge >= 0.3 is 0 Å². The van der Waals surface area contributed by atoms with Gasteiger partial charge in [-0.05, 0) is 30.0 Å². The Balaban J connectivity index is 2.23. The van der Waals surface area contributed by atoms with Crippen LogP contribution < -0.4 is 0 Å². The zero-order valence-corrected chi connectivity index (χ0v) is 9.87. The van der Waals surface area contributed by atoms with Crippen molar-refractivity contribution in [3.05, 3.63) is 53.9 Å². The van der Waals surface area contributed by atoms with Crippen molar-refractivity contribution in [2.24, 2.45) is 4.99 Å². The van der Waals surface area contributed by atoms with E-state index in [0.717, 1.165) is 17.3 Å². The highest BCUT2D eigenvalue weighted by molar-refractivity contribution is 8.13. The van der Waals surface area contributed by atoms with Crippen LogP contribution in [-0.2, 0) is 6.54 Å². The van der Waals surface area contributed by atoms with Gasteiger partial charge in [0.05, 0.1) is 11.4 Å². The number of aliphatic imine (C=N–C) groups is 1. The lowest BCUT2D eigenvalue weighted by Gasteiger charge is -2.05. The summed E-state index contributed by atoms with van der Waals surface area (Å²) in [7, 11) is 0. The number of fused-ring (bicyclic) bond motifs is 2. The van der Waals surface area contributed by atoms with Crippen LogP contribution in [0.1, 0.15) is 11.3 Å². The maximum absolute atomic E-state index is 4.73. The first kappa shape index (κ1) is 9.73. The van der Waals surface area contributed by atoms with Crippen molar-refractivity contribution < 1.29 is 0 Å². The second-order valence-electron chi connectivity index (χ2n) is 3.77. The smallest absolute Gasteiger partial charge is 0.120 e. The van der Waals surface area contributed by atoms with E-state index in [1.807, 2.05) is 6.07 Å². The van der Waals surface area contributed by atoms with Crippen LogP contribution in [-0.4, -0.2) is 15.9 Å². The van der Waals surface area contributed by atoms with Gasteiger partial charge in [0, 0.05) is 12.7 Å². The fourth-order valence-electron chi connectivity index (χ4n) is 2.00. The zero-order valence-electron chi connectivity index (χ0n) is 9.05. The van der Waals surface area contributed by atoms with E-state index in [4.69, 9.17) is 4.99 Å². The van der Waals surface area contributed by atoms with Crippen molar-refractivity contribution in [2.45, 2.75) is 6.54 Å². The van der Waals surface area contributed by atoms with Gasteiger partial charge in [-0.3, -0.25) is 0 Å². The molecule has 3 heteroatoms. The molecule has 1 aliphatic rings. The number of thioether (sulfide) groups is 1. The monoisotopic (exact) mass is 228 g/mol. The summed E-state index contributed by atoms with van der Waals surface area (Å²) in [5.74, 6) is 0. The fraction of sp³-hybridized carbons (Fsp3) is 0.154. The summed E-state index contributed by atoms with van der Waals surface area (Å²) in [5.41, 5.74) is 3.59. The molecule has 0 saturated heterocycles. The van der Waals surface area contributed by atoms with Crippen LogP contribution in [0.15, 0.2) is 47.6 Å². The summed E-state index contributed by atoms with van der Waals surface area (Å²) >= 11 is 1.70. The van der Waals surface area contributed by atoms with Crippen LogP contribution in [0.25, 0.3) is 0 Å². The minimum absolute atomic E-state index is 0.909. The van der Waals surface area contributed by atoms with Crippen molar-refractivity contribution in [3.63, 3.8) is 0 Å². The van der Waals surface area contributed by atoms with Gasteiger partial charge in [-0.1, -0.05) is 18.2 Å². The molecule has 2 nitrogen and oxygen atoms in total. The molecule has 0 fully saturated rings. The highest BCUT2D eigenvalue weighted by Gasteiger charge is 2.14. The summed E-state index contributed by atoms with van der Waals surface area (Å²) in [4.78, 5) is 4.73. The van der Waals surface area contributed by atoms with Crippen molar-refractivity contribution in [3.8, 4) is 0 Å². The van der Waals surface area contributed by atoms with Crippen molar-refractivity contribution >= 4 is 22.5 Å². The van der Waals surface area contributed by atoms with E-state index >= 15 is 0 Å². The van der Waals surface area contributed by atoms with Gasteiger partial charge in [0.2, 0.25) is 0 Å². The third-order valence-corrected chi connectivity index (χ3v) is 3.48. The fourth-order valence-corrected chi connectivity index (χ4v) is 2.58. The van der Waals surface area contributed by atoms with E-state index in [0.29, 0.717) is 0 Å². The Hall–Kier alpha value is -1.48. The molecule has 0 spiro atoms. The van der Waals surface area contributed by atoms with Gasteiger partial charge < -0.3 is 4.57 Å². The number of rotatable bonds is 0. The Kier molecular flexibility index (Phi) is 2.33. The van der Waals surface area contributed by atoms with Crippen molar-refractivity contribution in [2.75, 3.05) is 6.26 Å². The molecule has 3 rings (SSSR count). The largest absolute Gasteiger partial charge is 0.341 e. The van der Waals surface area contributed by atoms with E-state index in [2.05, 4.69) is 47.4 Å². The molecule has 0 bridgehead atoms. The quantitative estimate of drug-likeness (QED) is 0.676. The molecule has 80 valence electrons. The molecule has 1 aromatic heterocycles. The third-order valence-electron chi connectivity index (χ3n) is 2.80. The van der Waals surface area contributed by atoms with Crippen LogP contribution in [0, 0.1) is 0 Å². The molecular formula is C13H12N2S. The van der Waals surface area contributed by atoms with E-state index < -0.39 is 0 Å². The van der Waals surface area contributed by atoms with Crippen LogP contribution in [0.2, 0.25) is 0 Å². The average Bonchev–Trinajstić information content (AvgIpc) is 2.70. The predicted octanol–water partition coefficient (Wildman–Crippen LogP) is 3.29. The zero-order chi connectivity index (χ0) is 11.0. The van der Waals surface area contributed by atoms with Gasteiger partial charge in [-0.25, -0.2) is 4.99 Å². The maximum atomic E-state index is 4.73. The molecule has 2 heterocycles. The molecule has 2 aromatic rings. The van der Waals surface area contributed by atoms with Crippen molar-refractivity contribution in [1.29, 1.82) is 0 Å². The van der Waals surface area contributed by atoms with Gasteiger partial charge in [0.1, 0.15) is 5.04 Å². The summed E-state index contributed by atoms with van der Waals surface area (Å²) < 4.78 is 2.25. The number of benzene rings is 1. The maximum Gasteiger partial charge on any atom is 0.120 e. The number of aromatic nitrogens is 1. The van der Waals surface area contributed by atoms with Gasteiger partial charge in [0.25, 0.3) is 0 Å². The normalized spacial score (nSPS) is 13.7. The lowest BCUT2D eigenvalue weighted by molar-refractivity contribution is 0.805. The first-order valence-electron chi connectivity index (χ1n) is 5.24.